The number of aromatic nitrogens is 2. The molecule has 0 amide bonds. The van der Waals surface area contributed by atoms with E-state index in [1.54, 1.807) is 6.92 Å². The molecule has 2 aromatic rings. The molecule has 1 aliphatic carbocycles. The van der Waals surface area contributed by atoms with E-state index in [0.29, 0.717) is 18.4 Å². The van der Waals surface area contributed by atoms with Crippen LogP contribution in [0, 0.1) is 0 Å². The normalized spacial score (nSPS) is 20.7. The fraction of sp³-hybridized carbons (Fsp3) is 0.357. The number of nitrogens with zero attached hydrogens (tertiary/aromatic N) is 2. The van der Waals surface area contributed by atoms with Gasteiger partial charge in [0, 0.05) is 10.4 Å². The largest absolute Gasteiger partial charge is 0.460 e. The van der Waals surface area contributed by atoms with Gasteiger partial charge in [-0.15, -0.1) is 0 Å². The molecule has 5 nitrogen and oxygen atoms in total. The van der Waals surface area contributed by atoms with E-state index in [1.165, 1.54) is 5.56 Å². The van der Waals surface area contributed by atoms with Crippen LogP contribution in [0.4, 0.5) is 0 Å². The molecule has 20 heavy (non-hydrogen) atoms. The fourth-order valence-corrected chi connectivity index (χ4v) is 2.83. The van der Waals surface area contributed by atoms with Crippen LogP contribution < -0.4 is 0 Å². The molecule has 0 aliphatic heterocycles. The molecule has 0 spiro atoms. The van der Waals surface area contributed by atoms with Gasteiger partial charge in [-0.3, -0.25) is 0 Å². The van der Waals surface area contributed by atoms with Crippen LogP contribution in [0.5, 0.6) is 0 Å². The molecule has 1 heterocycles. The van der Waals surface area contributed by atoms with Crippen LogP contribution >= 0.6 is 15.9 Å². The van der Waals surface area contributed by atoms with Crippen molar-refractivity contribution in [2.24, 2.45) is 0 Å². The SMILES string of the molecule is CCOC(=O)c1noc([C@@H]2C[C@H]2c2ccccc2Br)n1. The van der Waals surface area contributed by atoms with Crippen molar-refractivity contribution in [1.29, 1.82) is 0 Å². The molecule has 3 rings (SSSR count). The smallest absolute Gasteiger partial charge is 0.379 e. The van der Waals surface area contributed by atoms with Gasteiger partial charge in [0.2, 0.25) is 5.89 Å². The number of hydrogen-bond acceptors (Lipinski definition) is 5. The molecule has 1 saturated carbocycles. The second-order valence-electron chi connectivity index (χ2n) is 4.65. The van der Waals surface area contributed by atoms with Crippen molar-refractivity contribution in [3.8, 4) is 0 Å². The topological polar surface area (TPSA) is 65.2 Å². The van der Waals surface area contributed by atoms with Crippen molar-refractivity contribution in [2.45, 2.75) is 25.2 Å². The first kappa shape index (κ1) is 13.3. The summed E-state index contributed by atoms with van der Waals surface area (Å²) >= 11 is 3.55. The summed E-state index contributed by atoms with van der Waals surface area (Å²) in [5.41, 5.74) is 1.23. The summed E-state index contributed by atoms with van der Waals surface area (Å²) in [5.74, 6) is 0.513. The molecule has 1 aliphatic rings. The number of carbonyl (C=O) groups excluding carboxylic acids is 1. The summed E-state index contributed by atoms with van der Waals surface area (Å²) in [4.78, 5) is 15.6. The van der Waals surface area contributed by atoms with Crippen LogP contribution in [0.3, 0.4) is 0 Å². The van der Waals surface area contributed by atoms with Crippen LogP contribution in [-0.4, -0.2) is 22.7 Å². The Balaban J connectivity index is 1.74. The molecule has 2 atom stereocenters. The van der Waals surface area contributed by atoms with E-state index in [-0.39, 0.29) is 11.7 Å². The van der Waals surface area contributed by atoms with E-state index in [1.807, 2.05) is 18.2 Å². The lowest BCUT2D eigenvalue weighted by Crippen LogP contribution is -2.06. The zero-order valence-corrected chi connectivity index (χ0v) is 12.5. The van der Waals surface area contributed by atoms with E-state index in [0.717, 1.165) is 10.9 Å². The van der Waals surface area contributed by atoms with Gasteiger partial charge in [-0.1, -0.05) is 34.1 Å². The summed E-state index contributed by atoms with van der Waals surface area (Å²) in [6.07, 6.45) is 0.951. The Bertz CT molecular complexity index is 641. The Morgan fingerprint density at radius 1 is 1.45 bits per heavy atom. The maximum absolute atomic E-state index is 11.5. The van der Waals surface area contributed by atoms with Gasteiger partial charge in [-0.25, -0.2) is 4.79 Å². The molecule has 104 valence electrons. The first-order chi connectivity index (χ1) is 9.70. The lowest BCUT2D eigenvalue weighted by atomic mass is 10.1. The Hall–Kier alpha value is -1.69. The highest BCUT2D eigenvalue weighted by Crippen LogP contribution is 2.55. The average molecular weight is 337 g/mol. The predicted octanol–water partition coefficient (Wildman–Crippen LogP) is 3.28. The van der Waals surface area contributed by atoms with E-state index in [4.69, 9.17) is 9.26 Å². The average Bonchev–Trinajstić information content (AvgIpc) is 3.07. The summed E-state index contributed by atoms with van der Waals surface area (Å²) < 4.78 is 11.1. The molecule has 0 radical (unpaired) electrons. The number of benzene rings is 1. The summed E-state index contributed by atoms with van der Waals surface area (Å²) in [6.45, 7) is 2.04. The number of carbonyl (C=O) groups is 1. The first-order valence-electron chi connectivity index (χ1n) is 6.46. The quantitative estimate of drug-likeness (QED) is 0.801. The predicted molar refractivity (Wildman–Crippen MR) is 74.5 cm³/mol. The van der Waals surface area contributed by atoms with Crippen LogP contribution in [0.15, 0.2) is 33.3 Å². The van der Waals surface area contributed by atoms with Crippen LogP contribution in [0.2, 0.25) is 0 Å². The number of halogens is 1. The number of hydrogen-bond donors (Lipinski definition) is 0. The Kier molecular flexibility index (Phi) is 3.56. The van der Waals surface area contributed by atoms with E-state index in [9.17, 15) is 4.79 Å². The number of ether oxygens (including phenoxy) is 1. The lowest BCUT2D eigenvalue weighted by molar-refractivity contribution is 0.0508. The van der Waals surface area contributed by atoms with E-state index < -0.39 is 5.97 Å². The van der Waals surface area contributed by atoms with Gasteiger partial charge in [-0.2, -0.15) is 4.98 Å². The minimum Gasteiger partial charge on any atom is -0.460 e. The molecule has 0 N–H and O–H groups in total. The van der Waals surface area contributed by atoms with Crippen LogP contribution in [0.1, 0.15) is 47.3 Å². The zero-order chi connectivity index (χ0) is 14.1. The van der Waals surface area contributed by atoms with Gasteiger partial charge >= 0.3 is 5.97 Å². The highest BCUT2D eigenvalue weighted by molar-refractivity contribution is 9.10. The monoisotopic (exact) mass is 336 g/mol. The summed E-state index contributed by atoms with van der Waals surface area (Å²) in [5, 5.41) is 3.67. The van der Waals surface area contributed by atoms with Crippen molar-refractivity contribution in [3.63, 3.8) is 0 Å². The van der Waals surface area contributed by atoms with Crippen molar-refractivity contribution in [3.05, 3.63) is 46.0 Å². The van der Waals surface area contributed by atoms with Gasteiger partial charge in [0.1, 0.15) is 0 Å². The highest BCUT2D eigenvalue weighted by Gasteiger charge is 2.44. The maximum atomic E-state index is 11.5. The van der Waals surface area contributed by atoms with E-state index in [2.05, 4.69) is 32.1 Å². The lowest BCUT2D eigenvalue weighted by Gasteiger charge is -2.01. The summed E-state index contributed by atoms with van der Waals surface area (Å²) in [6, 6.07) is 8.09. The molecule has 6 heteroatoms. The Morgan fingerprint density at radius 2 is 2.25 bits per heavy atom. The Labute approximate surface area is 124 Å². The van der Waals surface area contributed by atoms with Gasteiger partial charge in [-0.05, 0) is 36.0 Å². The maximum Gasteiger partial charge on any atom is 0.379 e. The minimum atomic E-state index is -0.541. The molecular formula is C14H13BrN2O3. The van der Waals surface area contributed by atoms with Gasteiger partial charge in [0.15, 0.2) is 0 Å². The van der Waals surface area contributed by atoms with Gasteiger partial charge in [0.05, 0.1) is 6.61 Å². The Morgan fingerprint density at radius 3 is 3.00 bits per heavy atom. The minimum absolute atomic E-state index is 0.000345. The molecule has 0 unspecified atom stereocenters. The third-order valence-corrected chi connectivity index (χ3v) is 4.03. The second kappa shape index (κ2) is 5.36. The summed E-state index contributed by atoms with van der Waals surface area (Å²) in [7, 11) is 0. The van der Waals surface area contributed by atoms with Gasteiger partial charge < -0.3 is 9.26 Å². The van der Waals surface area contributed by atoms with Crippen molar-refractivity contribution < 1.29 is 14.1 Å². The molecule has 0 saturated heterocycles. The third kappa shape index (κ3) is 2.47. The second-order valence-corrected chi connectivity index (χ2v) is 5.50. The molecule has 1 aromatic carbocycles. The first-order valence-corrected chi connectivity index (χ1v) is 7.25. The van der Waals surface area contributed by atoms with Crippen molar-refractivity contribution >= 4 is 21.9 Å². The fourth-order valence-electron chi connectivity index (χ4n) is 2.25. The van der Waals surface area contributed by atoms with E-state index >= 15 is 0 Å². The van der Waals surface area contributed by atoms with Crippen LogP contribution in [0.25, 0.3) is 0 Å². The van der Waals surface area contributed by atoms with Gasteiger partial charge in [0.25, 0.3) is 5.82 Å². The molecule has 0 bridgehead atoms. The molecular weight excluding hydrogens is 324 g/mol. The van der Waals surface area contributed by atoms with Crippen molar-refractivity contribution in [1.82, 2.24) is 10.1 Å². The highest BCUT2D eigenvalue weighted by atomic mass is 79.9. The zero-order valence-electron chi connectivity index (χ0n) is 10.9. The van der Waals surface area contributed by atoms with Crippen molar-refractivity contribution in [2.75, 3.05) is 6.61 Å². The standard InChI is InChI=1S/C14H13BrN2O3/c1-2-19-14(18)12-16-13(20-17-12)10-7-9(10)8-5-3-4-6-11(8)15/h3-6,9-10H,2,7H2,1H3/t9-,10+/m0/s1. The number of rotatable bonds is 4. The van der Waals surface area contributed by atoms with Crippen LogP contribution in [-0.2, 0) is 4.74 Å². The molecule has 1 fully saturated rings. The third-order valence-electron chi connectivity index (χ3n) is 3.31. The number of esters is 1. The molecule has 1 aromatic heterocycles.